The fourth-order valence-corrected chi connectivity index (χ4v) is 2.58. The van der Waals surface area contributed by atoms with E-state index in [4.69, 9.17) is 4.74 Å². The third kappa shape index (κ3) is 3.07. The van der Waals surface area contributed by atoms with Crippen molar-refractivity contribution in [1.82, 2.24) is 5.32 Å². The lowest BCUT2D eigenvalue weighted by Gasteiger charge is -2.32. The number of nitrogens with one attached hydrogen (secondary N) is 1. The Morgan fingerprint density at radius 3 is 2.95 bits per heavy atom. The number of rotatable bonds is 3. The van der Waals surface area contributed by atoms with Crippen LogP contribution in [0.15, 0.2) is 24.3 Å². The van der Waals surface area contributed by atoms with E-state index in [2.05, 4.69) is 12.2 Å². The number of methoxy groups -OCH3 is 1. The van der Waals surface area contributed by atoms with Crippen molar-refractivity contribution in [3.63, 3.8) is 0 Å². The summed E-state index contributed by atoms with van der Waals surface area (Å²) in [4.78, 5) is 14.3. The zero-order valence-corrected chi connectivity index (χ0v) is 11.8. The van der Waals surface area contributed by atoms with Crippen molar-refractivity contribution in [2.45, 2.75) is 25.8 Å². The third-order valence-corrected chi connectivity index (χ3v) is 3.85. The first-order chi connectivity index (χ1) is 9.13. The Hall–Kier alpha value is -1.55. The Balaban J connectivity index is 2.13. The van der Waals surface area contributed by atoms with Crippen LogP contribution in [-0.2, 0) is 4.79 Å². The Bertz CT molecular complexity index is 448. The van der Waals surface area contributed by atoms with Gasteiger partial charge in [0.05, 0.1) is 13.0 Å². The summed E-state index contributed by atoms with van der Waals surface area (Å²) in [6.07, 6.45) is 2.02. The largest absolute Gasteiger partial charge is 0.497 e. The standard InChI is InChI=1S/C15H22N2O2/c1-11-14(8-5-9-16-11)15(18)17(2)12-6-4-7-13(10-12)19-3/h4,6-7,10-11,14,16H,5,8-9H2,1-3H3. The topological polar surface area (TPSA) is 41.6 Å². The van der Waals surface area contributed by atoms with Gasteiger partial charge in [-0.05, 0) is 38.4 Å². The first-order valence-electron chi connectivity index (χ1n) is 6.78. The molecule has 0 radical (unpaired) electrons. The minimum Gasteiger partial charge on any atom is -0.497 e. The minimum absolute atomic E-state index is 0.0601. The molecule has 1 aliphatic heterocycles. The molecule has 2 unspecified atom stereocenters. The maximum atomic E-state index is 12.6. The summed E-state index contributed by atoms with van der Waals surface area (Å²) in [5.74, 6) is 1.00. The maximum Gasteiger partial charge on any atom is 0.231 e. The van der Waals surface area contributed by atoms with Gasteiger partial charge in [-0.1, -0.05) is 6.07 Å². The van der Waals surface area contributed by atoms with Crippen molar-refractivity contribution in [2.24, 2.45) is 5.92 Å². The number of amides is 1. The quantitative estimate of drug-likeness (QED) is 0.906. The van der Waals surface area contributed by atoms with Crippen molar-refractivity contribution in [2.75, 3.05) is 25.6 Å². The highest BCUT2D eigenvalue weighted by atomic mass is 16.5. The first kappa shape index (κ1) is 13.9. The second-order valence-corrected chi connectivity index (χ2v) is 5.09. The van der Waals surface area contributed by atoms with Gasteiger partial charge in [0.2, 0.25) is 5.91 Å². The average molecular weight is 262 g/mol. The smallest absolute Gasteiger partial charge is 0.231 e. The van der Waals surface area contributed by atoms with E-state index in [1.165, 1.54) is 0 Å². The molecular weight excluding hydrogens is 240 g/mol. The third-order valence-electron chi connectivity index (χ3n) is 3.85. The summed E-state index contributed by atoms with van der Waals surface area (Å²) in [5, 5.41) is 3.37. The predicted octanol–water partition coefficient (Wildman–Crippen LogP) is 2.05. The molecule has 0 spiro atoms. The second kappa shape index (κ2) is 6.06. The summed E-state index contributed by atoms with van der Waals surface area (Å²) in [5.41, 5.74) is 0.877. The van der Waals surface area contributed by atoms with E-state index in [9.17, 15) is 4.79 Å². The van der Waals surface area contributed by atoms with Gasteiger partial charge in [0.15, 0.2) is 0 Å². The summed E-state index contributed by atoms with van der Waals surface area (Å²) >= 11 is 0. The molecule has 1 aromatic carbocycles. The van der Waals surface area contributed by atoms with E-state index in [0.717, 1.165) is 30.8 Å². The van der Waals surface area contributed by atoms with Gasteiger partial charge >= 0.3 is 0 Å². The van der Waals surface area contributed by atoms with Gasteiger partial charge in [-0.3, -0.25) is 4.79 Å². The van der Waals surface area contributed by atoms with E-state index >= 15 is 0 Å². The van der Waals surface area contributed by atoms with Crippen LogP contribution in [0, 0.1) is 5.92 Å². The van der Waals surface area contributed by atoms with Crippen molar-refractivity contribution in [3.05, 3.63) is 24.3 Å². The molecule has 1 amide bonds. The van der Waals surface area contributed by atoms with Crippen LogP contribution in [0.25, 0.3) is 0 Å². The second-order valence-electron chi connectivity index (χ2n) is 5.09. The number of carbonyl (C=O) groups is 1. The molecule has 0 saturated carbocycles. The van der Waals surface area contributed by atoms with Gasteiger partial charge in [0.25, 0.3) is 0 Å². The van der Waals surface area contributed by atoms with Crippen molar-refractivity contribution < 1.29 is 9.53 Å². The molecule has 1 aliphatic rings. The fraction of sp³-hybridized carbons (Fsp3) is 0.533. The molecule has 0 aliphatic carbocycles. The van der Waals surface area contributed by atoms with Gasteiger partial charge in [-0.15, -0.1) is 0 Å². The van der Waals surface area contributed by atoms with Gasteiger partial charge in [-0.25, -0.2) is 0 Å². The lowest BCUT2D eigenvalue weighted by molar-refractivity contribution is -0.123. The highest BCUT2D eigenvalue weighted by Crippen LogP contribution is 2.24. The number of ether oxygens (including phenoxy) is 1. The molecule has 2 atom stereocenters. The fourth-order valence-electron chi connectivity index (χ4n) is 2.58. The van der Waals surface area contributed by atoms with E-state index < -0.39 is 0 Å². The molecule has 19 heavy (non-hydrogen) atoms. The number of anilines is 1. The van der Waals surface area contributed by atoms with Crippen molar-refractivity contribution in [3.8, 4) is 5.75 Å². The Labute approximate surface area is 114 Å². The van der Waals surface area contributed by atoms with Crippen molar-refractivity contribution in [1.29, 1.82) is 0 Å². The zero-order chi connectivity index (χ0) is 13.8. The molecular formula is C15H22N2O2. The molecule has 0 aromatic heterocycles. The molecule has 4 nitrogen and oxygen atoms in total. The molecule has 2 rings (SSSR count). The molecule has 1 heterocycles. The van der Waals surface area contributed by atoms with Gasteiger partial charge in [0, 0.05) is 24.8 Å². The van der Waals surface area contributed by atoms with Gasteiger partial charge < -0.3 is 15.0 Å². The van der Waals surface area contributed by atoms with Gasteiger partial charge in [0.1, 0.15) is 5.75 Å². The van der Waals surface area contributed by atoms with Crippen LogP contribution in [0.3, 0.4) is 0 Å². The molecule has 104 valence electrons. The van der Waals surface area contributed by atoms with Crippen LogP contribution in [-0.4, -0.2) is 32.7 Å². The number of piperidine rings is 1. The van der Waals surface area contributed by atoms with Crippen molar-refractivity contribution >= 4 is 11.6 Å². The summed E-state index contributed by atoms with van der Waals surface area (Å²) in [6.45, 7) is 3.09. The molecule has 1 aromatic rings. The van der Waals surface area contributed by atoms with E-state index in [-0.39, 0.29) is 17.9 Å². The van der Waals surface area contributed by atoms with Crippen LogP contribution in [0.2, 0.25) is 0 Å². The predicted molar refractivity (Wildman–Crippen MR) is 76.6 cm³/mol. The van der Waals surface area contributed by atoms with Crippen LogP contribution in [0.4, 0.5) is 5.69 Å². The summed E-state index contributed by atoms with van der Waals surface area (Å²) < 4.78 is 5.20. The minimum atomic E-state index is 0.0601. The number of benzene rings is 1. The maximum absolute atomic E-state index is 12.6. The van der Waals surface area contributed by atoms with E-state index in [0.29, 0.717) is 0 Å². The van der Waals surface area contributed by atoms with E-state index in [1.54, 1.807) is 12.0 Å². The lowest BCUT2D eigenvalue weighted by Crippen LogP contribution is -2.47. The molecule has 1 N–H and O–H groups in total. The summed E-state index contributed by atoms with van der Waals surface area (Å²) in [6, 6.07) is 7.85. The summed E-state index contributed by atoms with van der Waals surface area (Å²) in [7, 11) is 3.46. The number of hydrogen-bond acceptors (Lipinski definition) is 3. The Kier molecular flexibility index (Phi) is 4.43. The average Bonchev–Trinajstić information content (AvgIpc) is 2.46. The SMILES string of the molecule is COc1cccc(N(C)C(=O)C2CCCNC2C)c1. The molecule has 1 saturated heterocycles. The number of nitrogens with zero attached hydrogens (tertiary/aromatic N) is 1. The first-order valence-corrected chi connectivity index (χ1v) is 6.78. The number of hydrogen-bond donors (Lipinski definition) is 1. The highest BCUT2D eigenvalue weighted by molar-refractivity contribution is 5.95. The highest BCUT2D eigenvalue weighted by Gasteiger charge is 2.30. The van der Waals surface area contributed by atoms with Crippen LogP contribution >= 0.6 is 0 Å². The van der Waals surface area contributed by atoms with Crippen LogP contribution < -0.4 is 15.0 Å². The monoisotopic (exact) mass is 262 g/mol. The Morgan fingerprint density at radius 1 is 1.47 bits per heavy atom. The van der Waals surface area contributed by atoms with Crippen LogP contribution in [0.1, 0.15) is 19.8 Å². The zero-order valence-electron chi connectivity index (χ0n) is 11.8. The Morgan fingerprint density at radius 2 is 2.26 bits per heavy atom. The number of carbonyl (C=O) groups excluding carboxylic acids is 1. The lowest BCUT2D eigenvalue weighted by atomic mass is 9.90. The van der Waals surface area contributed by atoms with E-state index in [1.807, 2.05) is 31.3 Å². The molecule has 1 fully saturated rings. The molecule has 4 heteroatoms. The molecule has 0 bridgehead atoms. The normalized spacial score (nSPS) is 22.9. The van der Waals surface area contributed by atoms with Gasteiger partial charge in [-0.2, -0.15) is 0 Å². The van der Waals surface area contributed by atoms with Crippen LogP contribution in [0.5, 0.6) is 5.75 Å².